The molecule has 1 aliphatic heterocycles. The van der Waals surface area contributed by atoms with E-state index in [1.165, 1.54) is 0 Å². The van der Waals surface area contributed by atoms with E-state index in [9.17, 15) is 9.90 Å². The molecule has 0 spiro atoms. The van der Waals surface area contributed by atoms with E-state index in [1.54, 1.807) is 14.0 Å². The Morgan fingerprint density at radius 2 is 2.26 bits per heavy atom. The molecule has 0 bridgehead atoms. The van der Waals surface area contributed by atoms with Crippen molar-refractivity contribution in [3.05, 3.63) is 0 Å². The molecule has 1 fully saturated rings. The highest BCUT2D eigenvalue weighted by Gasteiger charge is 2.31. The Kier molecular flexibility index (Phi) is 6.75. The number of likely N-dealkylation sites (tertiary alicyclic amines) is 1. The van der Waals surface area contributed by atoms with Crippen molar-refractivity contribution in [2.75, 3.05) is 33.3 Å². The molecular weight excluding hydrogens is 244 g/mol. The fourth-order valence-electron chi connectivity index (χ4n) is 2.67. The Morgan fingerprint density at radius 1 is 1.53 bits per heavy atom. The number of carbonyl (C=O) groups is 1. The fraction of sp³-hybridized carbons (Fsp3) is 0.929. The Hall–Kier alpha value is -0.650. The van der Waals surface area contributed by atoms with E-state index in [-0.39, 0.29) is 0 Å². The van der Waals surface area contributed by atoms with Gasteiger partial charge in [-0.2, -0.15) is 0 Å². The molecule has 0 aromatic carbocycles. The van der Waals surface area contributed by atoms with Crippen molar-refractivity contribution in [1.29, 1.82) is 0 Å². The van der Waals surface area contributed by atoms with Crippen molar-refractivity contribution in [2.45, 2.75) is 51.2 Å². The van der Waals surface area contributed by atoms with Gasteiger partial charge < -0.3 is 20.1 Å². The first-order valence-corrected chi connectivity index (χ1v) is 7.25. The molecule has 0 aromatic heterocycles. The zero-order valence-corrected chi connectivity index (χ0v) is 12.4. The van der Waals surface area contributed by atoms with Crippen LogP contribution in [0.25, 0.3) is 0 Å². The van der Waals surface area contributed by atoms with E-state index in [4.69, 9.17) is 4.74 Å². The smallest absolute Gasteiger partial charge is 0.323 e. The zero-order valence-electron chi connectivity index (χ0n) is 12.4. The molecule has 2 N–H and O–H groups in total. The number of ether oxygens (including phenoxy) is 1. The number of hydrogen-bond acceptors (Lipinski definition) is 4. The summed E-state index contributed by atoms with van der Waals surface area (Å²) in [4.78, 5) is 13.7. The standard InChI is InChI=1S/C14H28N2O3/c1-4-15-14(2,13(17)18)8-5-6-9-16-10-7-12(11-16)19-3/h12,15H,4-11H2,1-3H3,(H,17,18). The van der Waals surface area contributed by atoms with Crippen LogP contribution in [-0.2, 0) is 9.53 Å². The quantitative estimate of drug-likeness (QED) is 0.620. The van der Waals surface area contributed by atoms with Gasteiger partial charge in [-0.05, 0) is 45.7 Å². The van der Waals surface area contributed by atoms with Crippen molar-refractivity contribution in [1.82, 2.24) is 10.2 Å². The Balaban J connectivity index is 2.21. The van der Waals surface area contributed by atoms with Gasteiger partial charge in [0.05, 0.1) is 6.10 Å². The molecule has 2 unspecified atom stereocenters. The second kappa shape index (κ2) is 7.82. The Bertz CT molecular complexity index is 286. The predicted octanol–water partition coefficient (Wildman–Crippen LogP) is 1.33. The van der Waals surface area contributed by atoms with E-state index in [0.29, 0.717) is 19.1 Å². The highest BCUT2D eigenvalue weighted by atomic mass is 16.5. The van der Waals surface area contributed by atoms with Crippen molar-refractivity contribution in [3.8, 4) is 0 Å². The summed E-state index contributed by atoms with van der Waals surface area (Å²) >= 11 is 0. The third-order valence-corrected chi connectivity index (χ3v) is 4.00. The predicted molar refractivity (Wildman–Crippen MR) is 75.4 cm³/mol. The number of carboxylic acid groups (broad SMARTS) is 1. The molecular formula is C14H28N2O3. The molecule has 19 heavy (non-hydrogen) atoms. The van der Waals surface area contributed by atoms with Crippen LogP contribution in [0.15, 0.2) is 0 Å². The maximum Gasteiger partial charge on any atom is 0.323 e. The maximum absolute atomic E-state index is 11.3. The lowest BCUT2D eigenvalue weighted by Gasteiger charge is -2.26. The SMILES string of the molecule is CCNC(C)(CCCCN1CCC(OC)C1)C(=O)O. The minimum Gasteiger partial charge on any atom is -0.480 e. The van der Waals surface area contributed by atoms with Crippen LogP contribution in [0, 0.1) is 0 Å². The molecule has 5 nitrogen and oxygen atoms in total. The van der Waals surface area contributed by atoms with Crippen molar-refractivity contribution >= 4 is 5.97 Å². The van der Waals surface area contributed by atoms with E-state index in [2.05, 4.69) is 10.2 Å². The molecule has 0 amide bonds. The van der Waals surface area contributed by atoms with Gasteiger partial charge in [-0.25, -0.2) is 0 Å². The number of hydrogen-bond donors (Lipinski definition) is 2. The number of nitrogens with zero attached hydrogens (tertiary/aromatic N) is 1. The second-order valence-electron chi connectivity index (χ2n) is 5.57. The number of likely N-dealkylation sites (N-methyl/N-ethyl adjacent to an activating group) is 1. The molecule has 0 saturated carbocycles. The van der Waals surface area contributed by atoms with Gasteiger partial charge in [0, 0.05) is 20.2 Å². The number of unbranched alkanes of at least 4 members (excludes halogenated alkanes) is 1. The first kappa shape index (κ1) is 16.4. The summed E-state index contributed by atoms with van der Waals surface area (Å²) in [6, 6.07) is 0. The minimum absolute atomic E-state index is 0.381. The summed E-state index contributed by atoms with van der Waals surface area (Å²) in [5.41, 5.74) is -0.783. The van der Waals surface area contributed by atoms with E-state index >= 15 is 0 Å². The lowest BCUT2D eigenvalue weighted by Crippen LogP contribution is -2.49. The Morgan fingerprint density at radius 3 is 2.79 bits per heavy atom. The largest absolute Gasteiger partial charge is 0.480 e. The molecule has 1 heterocycles. The maximum atomic E-state index is 11.3. The van der Waals surface area contributed by atoms with E-state index < -0.39 is 11.5 Å². The van der Waals surface area contributed by atoms with Crippen LogP contribution in [0.3, 0.4) is 0 Å². The van der Waals surface area contributed by atoms with Crippen LogP contribution in [-0.4, -0.2) is 60.9 Å². The van der Waals surface area contributed by atoms with Crippen molar-refractivity contribution < 1.29 is 14.6 Å². The third-order valence-electron chi connectivity index (χ3n) is 4.00. The molecule has 1 rings (SSSR count). The molecule has 0 aliphatic carbocycles. The third kappa shape index (κ3) is 5.09. The van der Waals surface area contributed by atoms with Gasteiger partial charge in [-0.1, -0.05) is 6.92 Å². The van der Waals surface area contributed by atoms with E-state index in [0.717, 1.165) is 38.9 Å². The van der Waals surface area contributed by atoms with Crippen molar-refractivity contribution in [2.24, 2.45) is 0 Å². The van der Waals surface area contributed by atoms with Crippen LogP contribution < -0.4 is 5.32 Å². The van der Waals surface area contributed by atoms with Gasteiger partial charge in [0.1, 0.15) is 5.54 Å². The zero-order chi connectivity index (χ0) is 14.3. The van der Waals surface area contributed by atoms with Gasteiger partial charge in [0.25, 0.3) is 0 Å². The fourth-order valence-corrected chi connectivity index (χ4v) is 2.67. The summed E-state index contributed by atoms with van der Waals surface area (Å²) in [5.74, 6) is -0.755. The molecule has 2 atom stereocenters. The monoisotopic (exact) mass is 272 g/mol. The van der Waals surface area contributed by atoms with Gasteiger partial charge in [0.15, 0.2) is 0 Å². The average molecular weight is 272 g/mol. The van der Waals surface area contributed by atoms with Gasteiger partial charge in [-0.15, -0.1) is 0 Å². The van der Waals surface area contributed by atoms with Crippen LogP contribution in [0.4, 0.5) is 0 Å². The van der Waals surface area contributed by atoms with Crippen LogP contribution in [0.2, 0.25) is 0 Å². The number of carboxylic acids is 1. The summed E-state index contributed by atoms with van der Waals surface area (Å²) < 4.78 is 5.34. The molecule has 0 aromatic rings. The molecule has 112 valence electrons. The molecule has 1 saturated heterocycles. The number of rotatable bonds is 9. The number of nitrogens with one attached hydrogen (secondary N) is 1. The number of aliphatic carboxylic acids is 1. The summed E-state index contributed by atoms with van der Waals surface area (Å²) in [6.45, 7) is 7.56. The molecule has 1 aliphatic rings. The summed E-state index contributed by atoms with van der Waals surface area (Å²) in [6.07, 6.45) is 4.15. The van der Waals surface area contributed by atoms with Crippen LogP contribution in [0.1, 0.15) is 39.5 Å². The molecule has 0 radical (unpaired) electrons. The van der Waals surface area contributed by atoms with Crippen LogP contribution in [0.5, 0.6) is 0 Å². The number of methoxy groups -OCH3 is 1. The summed E-state index contributed by atoms with van der Waals surface area (Å²) in [5, 5.41) is 12.3. The second-order valence-corrected chi connectivity index (χ2v) is 5.57. The average Bonchev–Trinajstić information content (AvgIpc) is 2.83. The lowest BCUT2D eigenvalue weighted by molar-refractivity contribution is -0.144. The highest BCUT2D eigenvalue weighted by Crippen LogP contribution is 2.16. The van der Waals surface area contributed by atoms with Gasteiger partial charge >= 0.3 is 5.97 Å². The van der Waals surface area contributed by atoms with Gasteiger partial charge in [0.2, 0.25) is 0 Å². The summed E-state index contributed by atoms with van der Waals surface area (Å²) in [7, 11) is 1.77. The van der Waals surface area contributed by atoms with Gasteiger partial charge in [-0.3, -0.25) is 4.79 Å². The first-order valence-electron chi connectivity index (χ1n) is 7.25. The molecule has 5 heteroatoms. The van der Waals surface area contributed by atoms with E-state index in [1.807, 2.05) is 6.92 Å². The topological polar surface area (TPSA) is 61.8 Å². The first-order chi connectivity index (χ1) is 9.01. The Labute approximate surface area is 116 Å². The van der Waals surface area contributed by atoms with Crippen LogP contribution >= 0.6 is 0 Å². The minimum atomic E-state index is -0.783. The van der Waals surface area contributed by atoms with Crippen molar-refractivity contribution in [3.63, 3.8) is 0 Å². The normalized spacial score (nSPS) is 23.4. The lowest BCUT2D eigenvalue weighted by atomic mass is 9.95. The highest BCUT2D eigenvalue weighted by molar-refractivity contribution is 5.78.